The fraction of sp³-hybridized carbons (Fsp3) is 0.800. The third-order valence-electron chi connectivity index (χ3n) is 4.00. The van der Waals surface area contributed by atoms with Gasteiger partial charge in [0.25, 0.3) is 0 Å². The molecule has 1 saturated heterocycles. The average Bonchev–Trinajstić information content (AvgIpc) is 2.80. The molecule has 2 rings (SSSR count). The van der Waals surface area contributed by atoms with Gasteiger partial charge in [0.2, 0.25) is 0 Å². The first-order chi connectivity index (χ1) is 9.76. The van der Waals surface area contributed by atoms with Gasteiger partial charge in [-0.2, -0.15) is 5.10 Å². The van der Waals surface area contributed by atoms with Gasteiger partial charge < -0.3 is 10.1 Å². The van der Waals surface area contributed by atoms with E-state index < -0.39 is 0 Å². The maximum atomic E-state index is 5.88. The van der Waals surface area contributed by atoms with Crippen molar-refractivity contribution in [3.05, 3.63) is 15.9 Å². The summed E-state index contributed by atoms with van der Waals surface area (Å²) in [7, 11) is 0. The molecule has 5 heteroatoms. The third-order valence-corrected chi connectivity index (χ3v) is 4.92. The standard InChI is InChI=1S/C15H26BrN3O/c1-3-13-15(16)14(19(4-2)18-13)11-20-9-7-12-6-5-8-17-10-12/h12,17H,3-11H2,1-2H3. The van der Waals surface area contributed by atoms with Crippen molar-refractivity contribution in [1.29, 1.82) is 0 Å². The zero-order chi connectivity index (χ0) is 14.4. The molecular formula is C15H26BrN3O. The van der Waals surface area contributed by atoms with Crippen molar-refractivity contribution in [2.45, 2.75) is 52.7 Å². The van der Waals surface area contributed by atoms with E-state index in [1.54, 1.807) is 0 Å². The molecular weight excluding hydrogens is 318 g/mol. The van der Waals surface area contributed by atoms with Crippen LogP contribution in [0.15, 0.2) is 4.47 Å². The van der Waals surface area contributed by atoms with Gasteiger partial charge in [-0.3, -0.25) is 4.68 Å². The lowest BCUT2D eigenvalue weighted by atomic mass is 9.97. The maximum absolute atomic E-state index is 5.88. The van der Waals surface area contributed by atoms with Crippen LogP contribution in [0, 0.1) is 5.92 Å². The van der Waals surface area contributed by atoms with Crippen LogP contribution in [0.4, 0.5) is 0 Å². The van der Waals surface area contributed by atoms with E-state index >= 15 is 0 Å². The smallest absolute Gasteiger partial charge is 0.0896 e. The number of halogens is 1. The molecule has 0 aromatic carbocycles. The summed E-state index contributed by atoms with van der Waals surface area (Å²) in [5.74, 6) is 0.787. The first-order valence-corrected chi connectivity index (χ1v) is 8.58. The van der Waals surface area contributed by atoms with Crippen LogP contribution in [0.2, 0.25) is 0 Å². The summed E-state index contributed by atoms with van der Waals surface area (Å²) in [4.78, 5) is 0. The highest BCUT2D eigenvalue weighted by molar-refractivity contribution is 9.10. The van der Waals surface area contributed by atoms with Gasteiger partial charge in [-0.1, -0.05) is 6.92 Å². The Balaban J connectivity index is 1.79. The predicted molar refractivity (Wildman–Crippen MR) is 84.8 cm³/mol. The molecule has 0 bridgehead atoms. The number of ether oxygens (including phenoxy) is 1. The Morgan fingerprint density at radius 1 is 1.45 bits per heavy atom. The molecule has 1 N–H and O–H groups in total. The minimum absolute atomic E-state index is 0.654. The number of aryl methyl sites for hydroxylation is 2. The number of nitrogens with one attached hydrogen (secondary N) is 1. The molecule has 0 spiro atoms. The van der Waals surface area contributed by atoms with Crippen molar-refractivity contribution in [2.75, 3.05) is 19.7 Å². The first kappa shape index (κ1) is 16.0. The van der Waals surface area contributed by atoms with E-state index in [1.165, 1.54) is 25.1 Å². The molecule has 4 nitrogen and oxygen atoms in total. The Morgan fingerprint density at radius 3 is 2.95 bits per heavy atom. The minimum atomic E-state index is 0.654. The molecule has 1 unspecified atom stereocenters. The minimum Gasteiger partial charge on any atom is -0.375 e. The van der Waals surface area contributed by atoms with Gasteiger partial charge in [0.15, 0.2) is 0 Å². The van der Waals surface area contributed by atoms with Crippen molar-refractivity contribution in [2.24, 2.45) is 5.92 Å². The number of hydrogen-bond acceptors (Lipinski definition) is 3. The Labute approximate surface area is 130 Å². The zero-order valence-electron chi connectivity index (χ0n) is 12.6. The van der Waals surface area contributed by atoms with Crippen molar-refractivity contribution in [1.82, 2.24) is 15.1 Å². The monoisotopic (exact) mass is 343 g/mol. The molecule has 1 aliphatic rings. The summed E-state index contributed by atoms with van der Waals surface area (Å²) in [6.45, 7) is 8.98. The zero-order valence-corrected chi connectivity index (χ0v) is 14.2. The van der Waals surface area contributed by atoms with Gasteiger partial charge in [-0.05, 0) is 67.5 Å². The molecule has 1 aromatic rings. The fourth-order valence-corrected chi connectivity index (χ4v) is 3.42. The molecule has 114 valence electrons. The highest BCUT2D eigenvalue weighted by atomic mass is 79.9. The average molecular weight is 344 g/mol. The molecule has 0 amide bonds. The van der Waals surface area contributed by atoms with Gasteiger partial charge in [-0.25, -0.2) is 0 Å². The van der Waals surface area contributed by atoms with E-state index in [1.807, 2.05) is 4.68 Å². The molecule has 2 heterocycles. The highest BCUT2D eigenvalue weighted by Crippen LogP contribution is 2.23. The number of rotatable bonds is 7. The van der Waals surface area contributed by atoms with Crippen molar-refractivity contribution < 1.29 is 4.74 Å². The second kappa shape index (κ2) is 8.15. The van der Waals surface area contributed by atoms with Crippen molar-refractivity contribution in [3.8, 4) is 0 Å². The van der Waals surface area contributed by atoms with Crippen LogP contribution in [0.25, 0.3) is 0 Å². The van der Waals surface area contributed by atoms with Gasteiger partial charge >= 0.3 is 0 Å². The lowest BCUT2D eigenvalue weighted by Crippen LogP contribution is -2.30. The second-order valence-corrected chi connectivity index (χ2v) is 6.22. The number of aromatic nitrogens is 2. The maximum Gasteiger partial charge on any atom is 0.0896 e. The molecule has 1 atom stereocenters. The normalized spacial score (nSPS) is 19.4. The van der Waals surface area contributed by atoms with Gasteiger partial charge in [0.1, 0.15) is 0 Å². The van der Waals surface area contributed by atoms with E-state index in [0.29, 0.717) is 6.61 Å². The van der Waals surface area contributed by atoms with Crippen LogP contribution in [0.3, 0.4) is 0 Å². The fourth-order valence-electron chi connectivity index (χ4n) is 2.74. The molecule has 0 saturated carbocycles. The quantitative estimate of drug-likeness (QED) is 0.773. The summed E-state index contributed by atoms with van der Waals surface area (Å²) < 4.78 is 9.06. The van der Waals surface area contributed by atoms with Crippen molar-refractivity contribution in [3.63, 3.8) is 0 Å². The highest BCUT2D eigenvalue weighted by Gasteiger charge is 2.15. The Hall–Kier alpha value is -0.390. The topological polar surface area (TPSA) is 39.1 Å². The first-order valence-electron chi connectivity index (χ1n) is 7.78. The summed E-state index contributed by atoms with van der Waals surface area (Å²) in [5, 5.41) is 8.05. The van der Waals surface area contributed by atoms with E-state index in [2.05, 4.69) is 40.2 Å². The van der Waals surface area contributed by atoms with E-state index in [9.17, 15) is 0 Å². The summed E-state index contributed by atoms with van der Waals surface area (Å²) in [6, 6.07) is 0. The van der Waals surface area contributed by atoms with Gasteiger partial charge in [-0.15, -0.1) is 0 Å². The molecule has 20 heavy (non-hydrogen) atoms. The number of piperidine rings is 1. The molecule has 1 aromatic heterocycles. The van der Waals surface area contributed by atoms with Crippen LogP contribution >= 0.6 is 15.9 Å². The van der Waals surface area contributed by atoms with Crippen LogP contribution < -0.4 is 5.32 Å². The van der Waals surface area contributed by atoms with E-state index in [0.717, 1.165) is 48.6 Å². The molecule has 1 fully saturated rings. The van der Waals surface area contributed by atoms with Crippen molar-refractivity contribution >= 4 is 15.9 Å². The van der Waals surface area contributed by atoms with E-state index in [-0.39, 0.29) is 0 Å². The lowest BCUT2D eigenvalue weighted by Gasteiger charge is -2.22. The second-order valence-electron chi connectivity index (χ2n) is 5.43. The largest absolute Gasteiger partial charge is 0.375 e. The van der Waals surface area contributed by atoms with Gasteiger partial charge in [0, 0.05) is 13.2 Å². The number of nitrogens with zero attached hydrogens (tertiary/aromatic N) is 2. The van der Waals surface area contributed by atoms with Crippen LogP contribution in [-0.4, -0.2) is 29.5 Å². The van der Waals surface area contributed by atoms with E-state index in [4.69, 9.17) is 4.74 Å². The van der Waals surface area contributed by atoms with Crippen LogP contribution in [0.5, 0.6) is 0 Å². The van der Waals surface area contributed by atoms with Gasteiger partial charge in [0.05, 0.1) is 22.5 Å². The lowest BCUT2D eigenvalue weighted by molar-refractivity contribution is 0.0980. The summed E-state index contributed by atoms with van der Waals surface area (Å²) >= 11 is 3.66. The Bertz CT molecular complexity index is 413. The number of hydrogen-bond donors (Lipinski definition) is 1. The molecule has 0 radical (unpaired) electrons. The Kier molecular flexibility index (Phi) is 6.52. The SMILES string of the molecule is CCc1nn(CC)c(COCCC2CCCNC2)c1Br. The summed E-state index contributed by atoms with van der Waals surface area (Å²) in [6.07, 6.45) is 4.76. The molecule has 1 aliphatic heterocycles. The molecule has 0 aliphatic carbocycles. The predicted octanol–water partition coefficient (Wildman–Crippen LogP) is 3.13. The third kappa shape index (κ3) is 4.06. The summed E-state index contributed by atoms with van der Waals surface area (Å²) in [5.41, 5.74) is 2.30. The van der Waals surface area contributed by atoms with Crippen LogP contribution in [0.1, 0.15) is 44.5 Å². The Morgan fingerprint density at radius 2 is 2.30 bits per heavy atom. The van der Waals surface area contributed by atoms with Crippen LogP contribution in [-0.2, 0) is 24.3 Å².